The number of nitrogens with one attached hydrogen (secondary N) is 1. The first-order valence-corrected chi connectivity index (χ1v) is 4.82. The SMILES string of the molecule is Cc1ccoc1CN1CCNCC1. The van der Waals surface area contributed by atoms with E-state index in [0.29, 0.717) is 0 Å². The zero-order valence-electron chi connectivity index (χ0n) is 8.05. The smallest absolute Gasteiger partial charge is 0.120 e. The van der Waals surface area contributed by atoms with Gasteiger partial charge in [-0.3, -0.25) is 4.90 Å². The molecule has 0 bridgehead atoms. The summed E-state index contributed by atoms with van der Waals surface area (Å²) in [5.41, 5.74) is 1.26. The maximum Gasteiger partial charge on any atom is 0.120 e. The molecule has 0 aromatic carbocycles. The van der Waals surface area contributed by atoms with Crippen LogP contribution in [-0.2, 0) is 6.54 Å². The number of rotatable bonds is 2. The zero-order chi connectivity index (χ0) is 9.10. The Balaban J connectivity index is 1.93. The lowest BCUT2D eigenvalue weighted by atomic mass is 10.2. The molecule has 1 N–H and O–H groups in total. The number of piperazine rings is 1. The van der Waals surface area contributed by atoms with E-state index in [1.54, 1.807) is 6.26 Å². The van der Waals surface area contributed by atoms with E-state index in [1.807, 2.05) is 6.07 Å². The van der Waals surface area contributed by atoms with E-state index in [0.717, 1.165) is 38.5 Å². The highest BCUT2D eigenvalue weighted by molar-refractivity contribution is 5.14. The van der Waals surface area contributed by atoms with Crippen molar-refractivity contribution in [1.82, 2.24) is 10.2 Å². The summed E-state index contributed by atoms with van der Waals surface area (Å²) in [6.45, 7) is 7.50. The maximum absolute atomic E-state index is 5.40. The monoisotopic (exact) mass is 180 g/mol. The highest BCUT2D eigenvalue weighted by Crippen LogP contribution is 2.11. The molecule has 1 fully saturated rings. The van der Waals surface area contributed by atoms with E-state index in [9.17, 15) is 0 Å². The van der Waals surface area contributed by atoms with Gasteiger partial charge in [-0.15, -0.1) is 0 Å². The van der Waals surface area contributed by atoms with Gasteiger partial charge in [-0.1, -0.05) is 0 Å². The van der Waals surface area contributed by atoms with Gasteiger partial charge >= 0.3 is 0 Å². The van der Waals surface area contributed by atoms with Gasteiger partial charge in [0, 0.05) is 26.2 Å². The molecule has 0 amide bonds. The molecule has 1 saturated heterocycles. The van der Waals surface area contributed by atoms with Crippen molar-refractivity contribution in [2.75, 3.05) is 26.2 Å². The van der Waals surface area contributed by atoms with Crippen LogP contribution in [-0.4, -0.2) is 31.1 Å². The number of furan rings is 1. The van der Waals surface area contributed by atoms with Crippen LogP contribution < -0.4 is 5.32 Å². The summed E-state index contributed by atoms with van der Waals surface area (Å²) in [5.74, 6) is 1.11. The highest BCUT2D eigenvalue weighted by atomic mass is 16.3. The van der Waals surface area contributed by atoms with E-state index in [1.165, 1.54) is 5.56 Å². The molecule has 0 spiro atoms. The van der Waals surface area contributed by atoms with Crippen LogP contribution in [0.15, 0.2) is 16.7 Å². The van der Waals surface area contributed by atoms with Crippen molar-refractivity contribution in [2.24, 2.45) is 0 Å². The minimum atomic E-state index is 0.959. The normalized spacial score (nSPS) is 19.2. The number of hydrogen-bond donors (Lipinski definition) is 1. The fourth-order valence-corrected chi connectivity index (χ4v) is 1.64. The molecular weight excluding hydrogens is 164 g/mol. The van der Waals surface area contributed by atoms with E-state index in [-0.39, 0.29) is 0 Å². The maximum atomic E-state index is 5.40. The Bertz CT molecular complexity index is 264. The Labute approximate surface area is 78.7 Å². The van der Waals surface area contributed by atoms with Gasteiger partial charge in [0.05, 0.1) is 12.8 Å². The lowest BCUT2D eigenvalue weighted by Crippen LogP contribution is -2.42. The van der Waals surface area contributed by atoms with Crippen molar-refractivity contribution in [3.05, 3.63) is 23.7 Å². The molecule has 0 aliphatic carbocycles. The fourth-order valence-electron chi connectivity index (χ4n) is 1.64. The molecule has 2 rings (SSSR count). The molecule has 0 atom stereocenters. The molecule has 0 radical (unpaired) electrons. The second-order valence-corrected chi connectivity index (χ2v) is 3.55. The van der Waals surface area contributed by atoms with Crippen molar-refractivity contribution in [1.29, 1.82) is 0 Å². The van der Waals surface area contributed by atoms with E-state index < -0.39 is 0 Å². The predicted molar refractivity (Wildman–Crippen MR) is 51.6 cm³/mol. The van der Waals surface area contributed by atoms with Gasteiger partial charge in [-0.05, 0) is 18.6 Å². The van der Waals surface area contributed by atoms with Crippen LogP contribution in [0.2, 0.25) is 0 Å². The third-order valence-electron chi connectivity index (χ3n) is 2.54. The van der Waals surface area contributed by atoms with Gasteiger partial charge in [0.1, 0.15) is 5.76 Å². The van der Waals surface area contributed by atoms with Crippen LogP contribution in [0.5, 0.6) is 0 Å². The fraction of sp³-hybridized carbons (Fsp3) is 0.600. The van der Waals surface area contributed by atoms with Gasteiger partial charge in [-0.2, -0.15) is 0 Å². The molecule has 3 heteroatoms. The van der Waals surface area contributed by atoms with E-state index in [4.69, 9.17) is 4.42 Å². The summed E-state index contributed by atoms with van der Waals surface area (Å²) in [6, 6.07) is 2.03. The molecule has 0 unspecified atom stereocenters. The minimum Gasteiger partial charge on any atom is -0.468 e. The third-order valence-corrected chi connectivity index (χ3v) is 2.54. The van der Waals surface area contributed by atoms with Gasteiger partial charge in [0.25, 0.3) is 0 Å². The van der Waals surface area contributed by atoms with Crippen molar-refractivity contribution in [2.45, 2.75) is 13.5 Å². The van der Waals surface area contributed by atoms with Crippen LogP contribution in [0.3, 0.4) is 0 Å². The van der Waals surface area contributed by atoms with Crippen molar-refractivity contribution in [3.8, 4) is 0 Å². The average molecular weight is 180 g/mol. The summed E-state index contributed by atoms with van der Waals surface area (Å²) < 4.78 is 5.40. The van der Waals surface area contributed by atoms with Crippen LogP contribution in [0.4, 0.5) is 0 Å². The summed E-state index contributed by atoms with van der Waals surface area (Å²) in [5, 5.41) is 3.34. The van der Waals surface area contributed by atoms with Crippen molar-refractivity contribution < 1.29 is 4.42 Å². The van der Waals surface area contributed by atoms with E-state index >= 15 is 0 Å². The number of nitrogens with zero attached hydrogens (tertiary/aromatic N) is 1. The second-order valence-electron chi connectivity index (χ2n) is 3.55. The zero-order valence-corrected chi connectivity index (χ0v) is 8.05. The van der Waals surface area contributed by atoms with Crippen LogP contribution >= 0.6 is 0 Å². The Hall–Kier alpha value is -0.800. The molecule has 0 saturated carbocycles. The Morgan fingerprint density at radius 3 is 2.85 bits per heavy atom. The molecular formula is C10H16N2O. The van der Waals surface area contributed by atoms with Gasteiger partial charge in [0.2, 0.25) is 0 Å². The summed E-state index contributed by atoms with van der Waals surface area (Å²) >= 11 is 0. The first kappa shape index (κ1) is 8.78. The van der Waals surface area contributed by atoms with Crippen LogP contribution in [0, 0.1) is 6.92 Å². The Kier molecular flexibility index (Phi) is 2.66. The van der Waals surface area contributed by atoms with Gasteiger partial charge in [-0.25, -0.2) is 0 Å². The summed E-state index contributed by atoms with van der Waals surface area (Å²) in [7, 11) is 0. The number of hydrogen-bond acceptors (Lipinski definition) is 3. The third kappa shape index (κ3) is 2.11. The van der Waals surface area contributed by atoms with Crippen molar-refractivity contribution >= 4 is 0 Å². The van der Waals surface area contributed by atoms with Gasteiger partial charge < -0.3 is 9.73 Å². The first-order chi connectivity index (χ1) is 6.36. The molecule has 1 aliphatic rings. The summed E-state index contributed by atoms with van der Waals surface area (Å²) in [6.07, 6.45) is 1.77. The van der Waals surface area contributed by atoms with Crippen LogP contribution in [0.1, 0.15) is 11.3 Å². The molecule has 2 heterocycles. The minimum absolute atomic E-state index is 0.959. The first-order valence-electron chi connectivity index (χ1n) is 4.82. The van der Waals surface area contributed by atoms with Crippen molar-refractivity contribution in [3.63, 3.8) is 0 Å². The standard InChI is InChI=1S/C10H16N2O/c1-9-2-7-13-10(9)8-12-5-3-11-4-6-12/h2,7,11H,3-6,8H2,1H3. The molecule has 1 aromatic rings. The highest BCUT2D eigenvalue weighted by Gasteiger charge is 2.12. The molecule has 72 valence electrons. The van der Waals surface area contributed by atoms with E-state index in [2.05, 4.69) is 17.1 Å². The summed E-state index contributed by atoms with van der Waals surface area (Å²) in [4.78, 5) is 2.42. The topological polar surface area (TPSA) is 28.4 Å². The molecule has 3 nitrogen and oxygen atoms in total. The Morgan fingerprint density at radius 2 is 2.23 bits per heavy atom. The lowest BCUT2D eigenvalue weighted by Gasteiger charge is -2.26. The molecule has 1 aliphatic heterocycles. The quantitative estimate of drug-likeness (QED) is 0.735. The van der Waals surface area contributed by atoms with Crippen LogP contribution in [0.25, 0.3) is 0 Å². The molecule has 1 aromatic heterocycles. The number of aryl methyl sites for hydroxylation is 1. The lowest BCUT2D eigenvalue weighted by molar-refractivity contribution is 0.215. The molecule has 13 heavy (non-hydrogen) atoms. The largest absolute Gasteiger partial charge is 0.468 e. The van der Waals surface area contributed by atoms with Gasteiger partial charge in [0.15, 0.2) is 0 Å². The second kappa shape index (κ2) is 3.94. The average Bonchev–Trinajstić information content (AvgIpc) is 2.54. The predicted octanol–water partition coefficient (Wildman–Crippen LogP) is 0.993. The Morgan fingerprint density at radius 1 is 1.46 bits per heavy atom.